The minimum absolute atomic E-state index is 0.314. The molecule has 3 N–H and O–H groups in total. The summed E-state index contributed by atoms with van der Waals surface area (Å²) in [5, 5.41) is 7.52. The van der Waals surface area contributed by atoms with Gasteiger partial charge in [0, 0.05) is 13.1 Å². The van der Waals surface area contributed by atoms with Crippen LogP contribution in [0.25, 0.3) is 0 Å². The summed E-state index contributed by atoms with van der Waals surface area (Å²) < 4.78 is 27.7. The summed E-state index contributed by atoms with van der Waals surface area (Å²) in [4.78, 5) is 0. The Kier molecular flexibility index (Phi) is 3.63. The first-order valence-electron chi connectivity index (χ1n) is 5.36. The van der Waals surface area contributed by atoms with Gasteiger partial charge in [0.05, 0.1) is 17.9 Å². The largest absolute Gasteiger partial charge is 0.271 e. The first kappa shape index (κ1) is 12.6. The van der Waals surface area contributed by atoms with Crippen molar-refractivity contribution in [1.29, 1.82) is 0 Å². The van der Waals surface area contributed by atoms with E-state index in [0.717, 1.165) is 11.8 Å². The van der Waals surface area contributed by atoms with Gasteiger partial charge in [-0.3, -0.25) is 16.0 Å². The van der Waals surface area contributed by atoms with E-state index in [1.165, 1.54) is 12.1 Å². The number of hydrazine groups is 1. The lowest BCUT2D eigenvalue weighted by Crippen LogP contribution is -2.31. The van der Waals surface area contributed by atoms with Gasteiger partial charge in [0.1, 0.15) is 11.6 Å². The van der Waals surface area contributed by atoms with Crippen molar-refractivity contribution >= 4 is 0 Å². The maximum Gasteiger partial charge on any atom is 0.126 e. The first-order valence-corrected chi connectivity index (χ1v) is 5.36. The average Bonchev–Trinajstić information content (AvgIpc) is 2.71. The van der Waals surface area contributed by atoms with Crippen molar-refractivity contribution in [2.75, 3.05) is 0 Å². The fraction of sp³-hybridized carbons (Fsp3) is 0.273. The second-order valence-corrected chi connectivity index (χ2v) is 3.98. The zero-order valence-corrected chi connectivity index (χ0v) is 9.77. The molecule has 0 aliphatic rings. The van der Waals surface area contributed by atoms with Crippen molar-refractivity contribution in [3.8, 4) is 0 Å². The third kappa shape index (κ3) is 2.69. The third-order valence-corrected chi connectivity index (χ3v) is 2.67. The number of hydrogen-bond acceptors (Lipinski definition) is 4. The summed E-state index contributed by atoms with van der Waals surface area (Å²) in [6, 6.07) is 3.07. The number of halogens is 2. The van der Waals surface area contributed by atoms with Gasteiger partial charge in [-0.1, -0.05) is 5.21 Å². The molecule has 0 amide bonds. The van der Waals surface area contributed by atoms with Crippen LogP contribution in [0.15, 0.2) is 24.4 Å². The van der Waals surface area contributed by atoms with E-state index in [1.54, 1.807) is 17.9 Å². The van der Waals surface area contributed by atoms with Gasteiger partial charge in [-0.05, 0) is 24.1 Å². The molecule has 96 valence electrons. The number of nitrogens with two attached hydrogens (primary N) is 1. The molecular weight excluding hydrogens is 240 g/mol. The average molecular weight is 253 g/mol. The quantitative estimate of drug-likeness (QED) is 0.626. The lowest BCUT2D eigenvalue weighted by Gasteiger charge is -2.15. The molecule has 0 aliphatic carbocycles. The maximum atomic E-state index is 13.1. The summed E-state index contributed by atoms with van der Waals surface area (Å²) in [5.41, 5.74) is 3.84. The highest BCUT2D eigenvalue weighted by atomic mass is 19.1. The third-order valence-electron chi connectivity index (χ3n) is 2.67. The molecule has 0 aliphatic heterocycles. The van der Waals surface area contributed by atoms with Gasteiger partial charge in [-0.15, -0.1) is 5.10 Å². The molecule has 1 aromatic heterocycles. The Labute approximate surface area is 103 Å². The van der Waals surface area contributed by atoms with Crippen molar-refractivity contribution in [3.05, 3.63) is 47.3 Å². The van der Waals surface area contributed by atoms with E-state index in [4.69, 9.17) is 5.84 Å². The fourth-order valence-corrected chi connectivity index (χ4v) is 1.83. The van der Waals surface area contributed by atoms with Crippen LogP contribution in [0.5, 0.6) is 0 Å². The standard InChI is InChI=1S/C11H13F2N5/c1-18-11(6-15-17-18)10(16-14)4-7-2-8(12)5-9(13)3-7/h2-3,5-6,10,16H,4,14H2,1H3. The highest BCUT2D eigenvalue weighted by Crippen LogP contribution is 2.17. The Morgan fingerprint density at radius 3 is 2.50 bits per heavy atom. The zero-order valence-electron chi connectivity index (χ0n) is 9.77. The van der Waals surface area contributed by atoms with E-state index in [1.807, 2.05) is 0 Å². The van der Waals surface area contributed by atoms with E-state index in [2.05, 4.69) is 15.7 Å². The van der Waals surface area contributed by atoms with Crippen molar-refractivity contribution in [3.63, 3.8) is 0 Å². The molecule has 18 heavy (non-hydrogen) atoms. The summed E-state index contributed by atoms with van der Waals surface area (Å²) in [7, 11) is 1.72. The van der Waals surface area contributed by atoms with Crippen LogP contribution in [0.1, 0.15) is 17.3 Å². The molecule has 1 aromatic carbocycles. The van der Waals surface area contributed by atoms with Crippen molar-refractivity contribution in [2.24, 2.45) is 12.9 Å². The SMILES string of the molecule is Cn1nncc1C(Cc1cc(F)cc(F)c1)NN. The molecule has 1 unspecified atom stereocenters. The highest BCUT2D eigenvalue weighted by Gasteiger charge is 2.15. The van der Waals surface area contributed by atoms with Crippen LogP contribution in [0, 0.1) is 11.6 Å². The van der Waals surface area contributed by atoms with E-state index < -0.39 is 11.6 Å². The molecule has 0 saturated heterocycles. The Bertz CT molecular complexity index is 520. The molecule has 0 radical (unpaired) electrons. The van der Waals surface area contributed by atoms with E-state index in [-0.39, 0.29) is 6.04 Å². The van der Waals surface area contributed by atoms with Gasteiger partial charge in [0.25, 0.3) is 0 Å². The zero-order chi connectivity index (χ0) is 13.1. The second-order valence-electron chi connectivity index (χ2n) is 3.98. The minimum atomic E-state index is -0.607. The molecule has 2 aromatic rings. The molecule has 0 saturated carbocycles. The Morgan fingerprint density at radius 2 is 2.00 bits per heavy atom. The van der Waals surface area contributed by atoms with Gasteiger partial charge < -0.3 is 0 Å². The van der Waals surface area contributed by atoms with Crippen LogP contribution in [0.3, 0.4) is 0 Å². The normalized spacial score (nSPS) is 12.7. The smallest absolute Gasteiger partial charge is 0.126 e. The summed E-state index contributed by atoms with van der Waals surface area (Å²) in [5.74, 6) is 4.24. The molecule has 0 fully saturated rings. The highest BCUT2D eigenvalue weighted by molar-refractivity contribution is 5.20. The number of hydrogen-bond donors (Lipinski definition) is 2. The number of benzene rings is 1. The fourth-order valence-electron chi connectivity index (χ4n) is 1.83. The maximum absolute atomic E-state index is 13.1. The number of nitrogens with zero attached hydrogens (tertiary/aromatic N) is 3. The minimum Gasteiger partial charge on any atom is -0.271 e. The van der Waals surface area contributed by atoms with Crippen LogP contribution >= 0.6 is 0 Å². The number of nitrogens with one attached hydrogen (secondary N) is 1. The van der Waals surface area contributed by atoms with Crippen molar-refractivity contribution < 1.29 is 8.78 Å². The second kappa shape index (κ2) is 5.19. The van der Waals surface area contributed by atoms with Gasteiger partial charge in [-0.25, -0.2) is 8.78 Å². The summed E-state index contributed by atoms with van der Waals surface area (Å²) in [6.45, 7) is 0. The predicted octanol–water partition coefficient (Wildman–Crippen LogP) is 0.840. The van der Waals surface area contributed by atoms with E-state index >= 15 is 0 Å². The Hall–Kier alpha value is -1.86. The summed E-state index contributed by atoms with van der Waals surface area (Å²) in [6.07, 6.45) is 1.90. The Morgan fingerprint density at radius 1 is 1.33 bits per heavy atom. The number of rotatable bonds is 4. The Balaban J connectivity index is 2.23. The molecule has 1 heterocycles. The molecule has 2 rings (SSSR count). The van der Waals surface area contributed by atoms with Crippen LogP contribution < -0.4 is 11.3 Å². The molecule has 1 atom stereocenters. The van der Waals surface area contributed by atoms with E-state index in [0.29, 0.717) is 12.0 Å². The predicted molar refractivity (Wildman–Crippen MR) is 61.1 cm³/mol. The van der Waals surface area contributed by atoms with Gasteiger partial charge in [0.2, 0.25) is 0 Å². The van der Waals surface area contributed by atoms with Gasteiger partial charge in [-0.2, -0.15) is 0 Å². The van der Waals surface area contributed by atoms with Gasteiger partial charge >= 0.3 is 0 Å². The topological polar surface area (TPSA) is 68.8 Å². The first-order chi connectivity index (χ1) is 8.60. The van der Waals surface area contributed by atoms with Gasteiger partial charge in [0.15, 0.2) is 0 Å². The monoisotopic (exact) mass is 253 g/mol. The van der Waals surface area contributed by atoms with Crippen molar-refractivity contribution in [2.45, 2.75) is 12.5 Å². The van der Waals surface area contributed by atoms with Crippen LogP contribution in [0.4, 0.5) is 8.78 Å². The number of aromatic nitrogens is 3. The lowest BCUT2D eigenvalue weighted by molar-refractivity contribution is 0.502. The molecule has 5 nitrogen and oxygen atoms in total. The number of aryl methyl sites for hydroxylation is 1. The lowest BCUT2D eigenvalue weighted by atomic mass is 10.0. The van der Waals surface area contributed by atoms with Crippen LogP contribution in [0.2, 0.25) is 0 Å². The molecule has 7 heteroatoms. The van der Waals surface area contributed by atoms with Crippen LogP contribution in [-0.2, 0) is 13.5 Å². The van der Waals surface area contributed by atoms with Crippen LogP contribution in [-0.4, -0.2) is 15.0 Å². The van der Waals surface area contributed by atoms with E-state index in [9.17, 15) is 8.78 Å². The van der Waals surface area contributed by atoms with Crippen molar-refractivity contribution in [1.82, 2.24) is 20.4 Å². The summed E-state index contributed by atoms with van der Waals surface area (Å²) >= 11 is 0. The molecular formula is C11H13F2N5. The molecule has 0 spiro atoms. The molecule has 0 bridgehead atoms.